The van der Waals surface area contributed by atoms with E-state index in [4.69, 9.17) is 5.73 Å². The van der Waals surface area contributed by atoms with E-state index in [1.165, 1.54) is 0 Å². The van der Waals surface area contributed by atoms with Crippen LogP contribution in [0.5, 0.6) is 0 Å². The zero-order valence-corrected chi connectivity index (χ0v) is 13.2. The quantitative estimate of drug-likeness (QED) is 0.803. The highest BCUT2D eigenvalue weighted by Gasteiger charge is 2.17. The van der Waals surface area contributed by atoms with Crippen LogP contribution >= 0.6 is 11.3 Å². The molecular formula is C16H21N3OS. The SMILES string of the molecule is CCC(NC(=O)CC(C)c1ccc(N)cc1)c1nccs1. The number of carbonyl (C=O) groups is 1. The van der Waals surface area contributed by atoms with Gasteiger partial charge in [0.15, 0.2) is 0 Å². The van der Waals surface area contributed by atoms with Crippen LogP contribution in [0.1, 0.15) is 49.2 Å². The van der Waals surface area contributed by atoms with Gasteiger partial charge in [0, 0.05) is 23.7 Å². The van der Waals surface area contributed by atoms with E-state index in [-0.39, 0.29) is 17.9 Å². The van der Waals surface area contributed by atoms with Crippen LogP contribution in [0.2, 0.25) is 0 Å². The van der Waals surface area contributed by atoms with Gasteiger partial charge in [-0.15, -0.1) is 11.3 Å². The molecule has 2 atom stereocenters. The van der Waals surface area contributed by atoms with Crippen molar-refractivity contribution in [3.63, 3.8) is 0 Å². The average molecular weight is 303 g/mol. The fourth-order valence-electron chi connectivity index (χ4n) is 2.22. The van der Waals surface area contributed by atoms with Crippen molar-refractivity contribution in [3.05, 3.63) is 46.4 Å². The van der Waals surface area contributed by atoms with Crippen LogP contribution in [0.15, 0.2) is 35.8 Å². The first-order valence-corrected chi connectivity index (χ1v) is 8.02. The summed E-state index contributed by atoms with van der Waals surface area (Å²) in [5, 5.41) is 5.96. The summed E-state index contributed by atoms with van der Waals surface area (Å²) in [4.78, 5) is 16.5. The smallest absolute Gasteiger partial charge is 0.221 e. The summed E-state index contributed by atoms with van der Waals surface area (Å²) in [7, 11) is 0. The van der Waals surface area contributed by atoms with E-state index >= 15 is 0 Å². The fourth-order valence-corrected chi connectivity index (χ4v) is 2.99. The number of nitrogen functional groups attached to an aromatic ring is 1. The van der Waals surface area contributed by atoms with E-state index in [1.807, 2.05) is 29.6 Å². The fraction of sp³-hybridized carbons (Fsp3) is 0.375. The molecule has 2 rings (SSSR count). The molecule has 0 radical (unpaired) electrons. The molecule has 21 heavy (non-hydrogen) atoms. The van der Waals surface area contributed by atoms with Crippen molar-refractivity contribution in [1.82, 2.24) is 10.3 Å². The summed E-state index contributed by atoms with van der Waals surface area (Å²) in [6.07, 6.45) is 3.08. The van der Waals surface area contributed by atoms with Crippen molar-refractivity contribution in [3.8, 4) is 0 Å². The second-order valence-electron chi connectivity index (χ2n) is 5.17. The maximum Gasteiger partial charge on any atom is 0.221 e. The number of nitrogens with zero attached hydrogens (tertiary/aromatic N) is 1. The molecule has 1 heterocycles. The van der Waals surface area contributed by atoms with Gasteiger partial charge in [-0.3, -0.25) is 4.79 Å². The highest BCUT2D eigenvalue weighted by atomic mass is 32.1. The van der Waals surface area contributed by atoms with Crippen LogP contribution in [0, 0.1) is 0 Å². The van der Waals surface area contributed by atoms with Crippen LogP contribution in [-0.2, 0) is 4.79 Å². The van der Waals surface area contributed by atoms with Gasteiger partial charge in [-0.05, 0) is 30.0 Å². The molecule has 112 valence electrons. The standard InChI is InChI=1S/C16H21N3OS/c1-3-14(16-18-8-9-21-16)19-15(20)10-11(2)12-4-6-13(17)7-5-12/h4-9,11,14H,3,10,17H2,1-2H3,(H,19,20). The lowest BCUT2D eigenvalue weighted by atomic mass is 9.97. The summed E-state index contributed by atoms with van der Waals surface area (Å²) in [6.45, 7) is 4.10. The first kappa shape index (κ1) is 15.5. The summed E-state index contributed by atoms with van der Waals surface area (Å²) < 4.78 is 0. The Balaban J connectivity index is 1.93. The summed E-state index contributed by atoms with van der Waals surface area (Å²) in [5.41, 5.74) is 7.55. The molecule has 2 unspecified atom stereocenters. The zero-order valence-electron chi connectivity index (χ0n) is 12.4. The second-order valence-corrected chi connectivity index (χ2v) is 6.10. The molecule has 0 bridgehead atoms. The number of hydrogen-bond acceptors (Lipinski definition) is 4. The molecule has 3 N–H and O–H groups in total. The summed E-state index contributed by atoms with van der Waals surface area (Å²) >= 11 is 1.57. The first-order chi connectivity index (χ1) is 10.1. The lowest BCUT2D eigenvalue weighted by Gasteiger charge is -2.17. The lowest BCUT2D eigenvalue weighted by molar-refractivity contribution is -0.122. The Morgan fingerprint density at radius 1 is 1.38 bits per heavy atom. The normalized spacial score (nSPS) is 13.6. The van der Waals surface area contributed by atoms with Gasteiger partial charge in [-0.1, -0.05) is 26.0 Å². The Morgan fingerprint density at radius 3 is 2.67 bits per heavy atom. The van der Waals surface area contributed by atoms with Crippen molar-refractivity contribution in [2.24, 2.45) is 0 Å². The predicted octanol–water partition coefficient (Wildman–Crippen LogP) is 3.49. The maximum absolute atomic E-state index is 12.2. The number of rotatable bonds is 6. The van der Waals surface area contributed by atoms with E-state index in [2.05, 4.69) is 24.1 Å². The van der Waals surface area contributed by atoms with E-state index in [0.717, 1.165) is 22.7 Å². The Bertz CT molecular complexity index is 566. The van der Waals surface area contributed by atoms with Crippen molar-refractivity contribution in [2.45, 2.75) is 38.6 Å². The van der Waals surface area contributed by atoms with Crippen LogP contribution in [-0.4, -0.2) is 10.9 Å². The molecule has 0 spiro atoms. The molecule has 1 aromatic heterocycles. The number of hydrogen-bond donors (Lipinski definition) is 2. The number of benzene rings is 1. The minimum atomic E-state index is 0.0103. The molecule has 0 saturated carbocycles. The topological polar surface area (TPSA) is 68.0 Å². The van der Waals surface area contributed by atoms with Crippen LogP contribution in [0.25, 0.3) is 0 Å². The van der Waals surface area contributed by atoms with E-state index in [1.54, 1.807) is 17.5 Å². The zero-order chi connectivity index (χ0) is 15.2. The highest BCUT2D eigenvalue weighted by Crippen LogP contribution is 2.22. The second kappa shape index (κ2) is 7.22. The number of nitrogens with two attached hydrogens (primary N) is 1. The summed E-state index contributed by atoms with van der Waals surface area (Å²) in [5.74, 6) is 0.223. The van der Waals surface area contributed by atoms with Crippen molar-refractivity contribution < 1.29 is 4.79 Å². The minimum absolute atomic E-state index is 0.0103. The number of anilines is 1. The van der Waals surface area contributed by atoms with Gasteiger partial charge in [-0.25, -0.2) is 4.98 Å². The molecule has 2 aromatic rings. The molecule has 0 aliphatic rings. The Labute approximate surface area is 129 Å². The molecule has 4 nitrogen and oxygen atoms in total. The Kier molecular flexibility index (Phi) is 5.33. The van der Waals surface area contributed by atoms with Gasteiger partial charge in [0.25, 0.3) is 0 Å². The minimum Gasteiger partial charge on any atom is -0.399 e. The summed E-state index contributed by atoms with van der Waals surface area (Å²) in [6, 6.07) is 7.70. The van der Waals surface area contributed by atoms with Crippen molar-refractivity contribution in [2.75, 3.05) is 5.73 Å². The van der Waals surface area contributed by atoms with Gasteiger partial charge in [0.05, 0.1) is 6.04 Å². The average Bonchev–Trinajstić information content (AvgIpc) is 2.99. The molecule has 1 aromatic carbocycles. The monoisotopic (exact) mass is 303 g/mol. The number of amides is 1. The number of nitrogens with one attached hydrogen (secondary N) is 1. The van der Waals surface area contributed by atoms with Crippen molar-refractivity contribution in [1.29, 1.82) is 0 Å². The third-order valence-electron chi connectivity index (χ3n) is 3.49. The van der Waals surface area contributed by atoms with Gasteiger partial charge in [0.2, 0.25) is 5.91 Å². The molecular weight excluding hydrogens is 282 g/mol. The van der Waals surface area contributed by atoms with E-state index < -0.39 is 0 Å². The maximum atomic E-state index is 12.2. The number of carbonyl (C=O) groups excluding carboxylic acids is 1. The Morgan fingerprint density at radius 2 is 2.10 bits per heavy atom. The van der Waals surface area contributed by atoms with E-state index in [9.17, 15) is 4.79 Å². The van der Waals surface area contributed by atoms with Crippen LogP contribution < -0.4 is 11.1 Å². The highest BCUT2D eigenvalue weighted by molar-refractivity contribution is 7.09. The van der Waals surface area contributed by atoms with Crippen LogP contribution in [0.3, 0.4) is 0 Å². The molecule has 0 fully saturated rings. The van der Waals surface area contributed by atoms with Gasteiger partial charge in [-0.2, -0.15) is 0 Å². The first-order valence-electron chi connectivity index (χ1n) is 7.14. The number of aromatic nitrogens is 1. The Hall–Kier alpha value is -1.88. The van der Waals surface area contributed by atoms with Gasteiger partial charge in [0.1, 0.15) is 5.01 Å². The third-order valence-corrected chi connectivity index (χ3v) is 4.38. The van der Waals surface area contributed by atoms with Crippen molar-refractivity contribution >= 4 is 22.9 Å². The molecule has 5 heteroatoms. The molecule has 0 aliphatic heterocycles. The lowest BCUT2D eigenvalue weighted by Crippen LogP contribution is -2.28. The molecule has 0 saturated heterocycles. The third kappa shape index (κ3) is 4.29. The molecule has 1 amide bonds. The predicted molar refractivity (Wildman–Crippen MR) is 87.2 cm³/mol. The van der Waals surface area contributed by atoms with Gasteiger partial charge < -0.3 is 11.1 Å². The van der Waals surface area contributed by atoms with E-state index in [0.29, 0.717) is 6.42 Å². The number of thiazole rings is 1. The molecule has 0 aliphatic carbocycles. The van der Waals surface area contributed by atoms with Gasteiger partial charge >= 0.3 is 0 Å². The largest absolute Gasteiger partial charge is 0.399 e. The van der Waals surface area contributed by atoms with Crippen LogP contribution in [0.4, 0.5) is 5.69 Å².